The van der Waals surface area contributed by atoms with Crippen molar-refractivity contribution in [3.63, 3.8) is 0 Å². The Morgan fingerprint density at radius 2 is 2.25 bits per heavy atom. The first-order valence-electron chi connectivity index (χ1n) is 7.48. The molecular weight excluding hydrogens is 270 g/mol. The van der Waals surface area contributed by atoms with Crippen LogP contribution in [0.5, 0.6) is 0 Å². The molecular formula is C14H19N5S. The highest BCUT2D eigenvalue weighted by molar-refractivity contribution is 7.03. The molecule has 2 aromatic rings. The maximum absolute atomic E-state index is 4.88. The van der Waals surface area contributed by atoms with E-state index in [-0.39, 0.29) is 0 Å². The van der Waals surface area contributed by atoms with Gasteiger partial charge >= 0.3 is 0 Å². The zero-order valence-corrected chi connectivity index (χ0v) is 12.3. The van der Waals surface area contributed by atoms with Crippen LogP contribution >= 0.6 is 11.5 Å². The number of rotatable bonds is 3. The third-order valence-corrected chi connectivity index (χ3v) is 4.98. The molecule has 0 amide bonds. The summed E-state index contributed by atoms with van der Waals surface area (Å²) in [6, 6.07) is 0.433. The van der Waals surface area contributed by atoms with E-state index in [1.807, 2.05) is 5.38 Å². The Hall–Kier alpha value is -1.27. The first-order chi connectivity index (χ1) is 9.90. The van der Waals surface area contributed by atoms with Gasteiger partial charge < -0.3 is 4.98 Å². The maximum Gasteiger partial charge on any atom is 0.124 e. The number of H-pyrrole nitrogens is 1. The van der Waals surface area contributed by atoms with E-state index in [0.717, 1.165) is 25.2 Å². The van der Waals surface area contributed by atoms with Gasteiger partial charge in [-0.2, -0.15) is 0 Å². The summed E-state index contributed by atoms with van der Waals surface area (Å²) in [6.07, 6.45) is 7.35. The van der Waals surface area contributed by atoms with Crippen molar-refractivity contribution in [1.29, 1.82) is 0 Å². The van der Waals surface area contributed by atoms with E-state index in [1.165, 1.54) is 60.8 Å². The van der Waals surface area contributed by atoms with E-state index < -0.39 is 0 Å². The van der Waals surface area contributed by atoms with Gasteiger partial charge in [0.15, 0.2) is 0 Å². The van der Waals surface area contributed by atoms with Crippen LogP contribution in [-0.2, 0) is 19.4 Å². The fraction of sp³-hybridized carbons (Fsp3) is 0.643. The van der Waals surface area contributed by atoms with Gasteiger partial charge in [-0.15, -0.1) is 5.10 Å². The Bertz CT molecular complexity index is 553. The second kappa shape index (κ2) is 5.26. The van der Waals surface area contributed by atoms with Crippen LogP contribution in [0, 0.1) is 0 Å². The molecule has 6 heteroatoms. The highest BCUT2D eigenvalue weighted by Gasteiger charge is 2.30. The quantitative estimate of drug-likeness (QED) is 0.943. The molecule has 20 heavy (non-hydrogen) atoms. The molecule has 0 radical (unpaired) electrons. The van der Waals surface area contributed by atoms with Gasteiger partial charge in [-0.05, 0) is 56.6 Å². The summed E-state index contributed by atoms with van der Waals surface area (Å²) >= 11 is 1.43. The molecule has 0 saturated carbocycles. The van der Waals surface area contributed by atoms with Crippen LogP contribution in [0.2, 0.25) is 0 Å². The third-order valence-electron chi connectivity index (χ3n) is 4.42. The fourth-order valence-corrected chi connectivity index (χ4v) is 3.86. The van der Waals surface area contributed by atoms with Gasteiger partial charge in [0.1, 0.15) is 5.82 Å². The summed E-state index contributed by atoms with van der Waals surface area (Å²) in [5.41, 5.74) is 3.78. The molecule has 1 aliphatic carbocycles. The molecule has 0 unspecified atom stereocenters. The Labute approximate surface area is 122 Å². The molecule has 5 nitrogen and oxygen atoms in total. The number of nitrogens with one attached hydrogen (secondary N) is 1. The lowest BCUT2D eigenvalue weighted by Crippen LogP contribution is -2.23. The highest BCUT2D eigenvalue weighted by Crippen LogP contribution is 2.33. The Morgan fingerprint density at radius 1 is 1.30 bits per heavy atom. The van der Waals surface area contributed by atoms with Crippen molar-refractivity contribution in [2.45, 2.75) is 51.1 Å². The zero-order chi connectivity index (χ0) is 13.4. The fourth-order valence-electron chi connectivity index (χ4n) is 3.42. The zero-order valence-electron chi connectivity index (χ0n) is 11.5. The normalized spacial score (nSPS) is 23.1. The molecule has 1 N–H and O–H groups in total. The molecule has 1 atom stereocenters. The van der Waals surface area contributed by atoms with Gasteiger partial charge in [0.05, 0.1) is 17.4 Å². The summed E-state index contributed by atoms with van der Waals surface area (Å²) in [7, 11) is 0. The van der Waals surface area contributed by atoms with Crippen molar-refractivity contribution in [2.24, 2.45) is 0 Å². The minimum Gasteiger partial charge on any atom is -0.344 e. The maximum atomic E-state index is 4.88. The van der Waals surface area contributed by atoms with E-state index in [4.69, 9.17) is 4.98 Å². The number of imidazole rings is 1. The van der Waals surface area contributed by atoms with Crippen LogP contribution in [0.25, 0.3) is 0 Å². The summed E-state index contributed by atoms with van der Waals surface area (Å²) in [4.78, 5) is 11.0. The second-order valence-corrected chi connectivity index (χ2v) is 6.39. The molecule has 0 spiro atoms. The molecule has 2 aromatic heterocycles. The molecule has 106 valence electrons. The average Bonchev–Trinajstić information content (AvgIpc) is 3.18. The topological polar surface area (TPSA) is 57.7 Å². The second-order valence-electron chi connectivity index (χ2n) is 5.78. The number of aryl methyl sites for hydroxylation is 2. The number of likely N-dealkylation sites (tertiary alicyclic amines) is 1. The van der Waals surface area contributed by atoms with Gasteiger partial charge in [-0.3, -0.25) is 4.90 Å². The lowest BCUT2D eigenvalue weighted by molar-refractivity contribution is 0.237. The third kappa shape index (κ3) is 2.27. The number of nitrogens with zero attached hydrogens (tertiary/aromatic N) is 4. The Morgan fingerprint density at radius 3 is 3.10 bits per heavy atom. The van der Waals surface area contributed by atoms with Gasteiger partial charge in [-0.1, -0.05) is 4.49 Å². The summed E-state index contributed by atoms with van der Waals surface area (Å²) in [6.45, 7) is 2.03. The Kier molecular flexibility index (Phi) is 3.28. The molecule has 1 aliphatic heterocycles. The first kappa shape index (κ1) is 12.5. The predicted octanol–water partition coefficient (Wildman–Crippen LogP) is 2.48. The van der Waals surface area contributed by atoms with Crippen LogP contribution in [0.3, 0.4) is 0 Å². The number of fused-ring (bicyclic) bond motifs is 1. The van der Waals surface area contributed by atoms with Crippen molar-refractivity contribution in [2.75, 3.05) is 6.54 Å². The van der Waals surface area contributed by atoms with E-state index in [0.29, 0.717) is 6.04 Å². The summed E-state index contributed by atoms with van der Waals surface area (Å²) < 4.78 is 3.96. The average molecular weight is 289 g/mol. The van der Waals surface area contributed by atoms with Crippen molar-refractivity contribution < 1.29 is 0 Å². The largest absolute Gasteiger partial charge is 0.344 e. The number of aromatic nitrogens is 4. The minimum atomic E-state index is 0.433. The summed E-state index contributed by atoms with van der Waals surface area (Å²) in [5, 5.41) is 6.21. The molecule has 1 fully saturated rings. The smallest absolute Gasteiger partial charge is 0.124 e. The van der Waals surface area contributed by atoms with E-state index >= 15 is 0 Å². The number of hydrogen-bond acceptors (Lipinski definition) is 5. The van der Waals surface area contributed by atoms with E-state index in [9.17, 15) is 0 Å². The van der Waals surface area contributed by atoms with Crippen molar-refractivity contribution in [3.8, 4) is 0 Å². The van der Waals surface area contributed by atoms with Crippen LogP contribution in [-0.4, -0.2) is 31.0 Å². The first-order valence-corrected chi connectivity index (χ1v) is 8.31. The molecule has 1 saturated heterocycles. The van der Waals surface area contributed by atoms with Gasteiger partial charge in [0, 0.05) is 17.6 Å². The van der Waals surface area contributed by atoms with Crippen LogP contribution < -0.4 is 0 Å². The standard InChI is InChI=1S/C14H19N5S/c1-2-5-12-11(4-1)15-14(16-12)13-6-3-7-19(13)8-10-9-20-18-17-10/h9,13H,1-8H2,(H,15,16)/t13-/m0/s1. The van der Waals surface area contributed by atoms with Crippen LogP contribution in [0.1, 0.15) is 54.6 Å². The summed E-state index contributed by atoms with van der Waals surface area (Å²) in [5.74, 6) is 1.18. The monoisotopic (exact) mass is 289 g/mol. The molecule has 3 heterocycles. The van der Waals surface area contributed by atoms with Crippen molar-refractivity contribution >= 4 is 11.5 Å². The van der Waals surface area contributed by atoms with Crippen molar-refractivity contribution in [3.05, 3.63) is 28.3 Å². The van der Waals surface area contributed by atoms with Crippen LogP contribution in [0.4, 0.5) is 0 Å². The lowest BCUT2D eigenvalue weighted by Gasteiger charge is -2.21. The van der Waals surface area contributed by atoms with Gasteiger partial charge in [0.2, 0.25) is 0 Å². The van der Waals surface area contributed by atoms with Crippen molar-refractivity contribution in [1.82, 2.24) is 24.5 Å². The highest BCUT2D eigenvalue weighted by atomic mass is 32.1. The van der Waals surface area contributed by atoms with Gasteiger partial charge in [0.25, 0.3) is 0 Å². The SMILES string of the molecule is c1snnc1CN1CCC[C@H]1c1nc2c([nH]1)CCCC2. The molecule has 2 aliphatic rings. The minimum absolute atomic E-state index is 0.433. The molecule has 4 rings (SSSR count). The number of hydrogen-bond donors (Lipinski definition) is 1. The number of aromatic amines is 1. The predicted molar refractivity (Wildman–Crippen MR) is 77.5 cm³/mol. The van der Waals surface area contributed by atoms with Gasteiger partial charge in [-0.25, -0.2) is 4.98 Å². The van der Waals surface area contributed by atoms with E-state index in [2.05, 4.69) is 19.5 Å². The van der Waals surface area contributed by atoms with E-state index in [1.54, 1.807) is 0 Å². The van der Waals surface area contributed by atoms with Crippen LogP contribution in [0.15, 0.2) is 5.38 Å². The Balaban J connectivity index is 1.55. The molecule has 0 bridgehead atoms. The lowest BCUT2D eigenvalue weighted by atomic mass is 10.0. The molecule has 0 aromatic carbocycles.